The van der Waals surface area contributed by atoms with Crippen molar-refractivity contribution < 1.29 is 9.72 Å². The first-order chi connectivity index (χ1) is 10.5. The summed E-state index contributed by atoms with van der Waals surface area (Å²) in [6.45, 7) is 2.81. The minimum atomic E-state index is -0.514. The lowest BCUT2D eigenvalue weighted by molar-refractivity contribution is -0.463. The summed E-state index contributed by atoms with van der Waals surface area (Å²) in [5.41, 5.74) is 11.2. The third kappa shape index (κ3) is 12.1. The van der Waals surface area contributed by atoms with Gasteiger partial charge in [0.05, 0.1) is 6.04 Å². The number of carbonyl (C=O) groups is 1. The summed E-state index contributed by atoms with van der Waals surface area (Å²) in [5, 5.41) is 13.0. The number of hydrogen-bond donors (Lipinski definition) is 3. The van der Waals surface area contributed by atoms with Gasteiger partial charge in [-0.15, -0.1) is 0 Å². The lowest BCUT2D eigenvalue weighted by atomic mass is 10.1. The highest BCUT2D eigenvalue weighted by molar-refractivity contribution is 5.81. The Bertz CT molecular complexity index is 360. The Hall–Kier alpha value is -1.70. The smallest absolute Gasteiger partial charge is 0.259 e. The van der Waals surface area contributed by atoms with E-state index in [1.165, 1.54) is 12.8 Å². The van der Waals surface area contributed by atoms with Crippen molar-refractivity contribution in [3.05, 3.63) is 10.1 Å². The van der Waals surface area contributed by atoms with Gasteiger partial charge in [0, 0.05) is 18.0 Å². The molecule has 0 radical (unpaired) electrons. The Labute approximate surface area is 131 Å². The zero-order valence-corrected chi connectivity index (χ0v) is 13.4. The van der Waals surface area contributed by atoms with Gasteiger partial charge in [-0.3, -0.25) is 19.9 Å². The molecule has 0 spiro atoms. The molecule has 8 nitrogen and oxygen atoms in total. The topological polar surface area (TPSA) is 137 Å². The molecule has 0 unspecified atom stereocenters. The minimum Gasteiger partial charge on any atom is -0.382 e. The first-order valence-corrected chi connectivity index (χ1v) is 7.91. The largest absolute Gasteiger partial charge is 0.382 e. The maximum Gasteiger partial charge on any atom is 0.259 e. The van der Waals surface area contributed by atoms with Gasteiger partial charge >= 0.3 is 0 Å². The highest BCUT2D eigenvalue weighted by Gasteiger charge is 2.11. The molecule has 0 aliphatic carbocycles. The number of amidine groups is 1. The summed E-state index contributed by atoms with van der Waals surface area (Å²) in [6, 6.07) is -0.508. The zero-order valence-electron chi connectivity index (χ0n) is 13.4. The Morgan fingerprint density at radius 1 is 1.27 bits per heavy atom. The van der Waals surface area contributed by atoms with Crippen LogP contribution in [0.15, 0.2) is 4.99 Å². The summed E-state index contributed by atoms with van der Waals surface area (Å²) in [7, 11) is 0. The number of nitrogens with one attached hydrogen (secondary N) is 1. The average molecular weight is 315 g/mol. The normalized spacial score (nSPS) is 12.9. The van der Waals surface area contributed by atoms with Crippen LogP contribution in [0.3, 0.4) is 0 Å². The number of hydrogen-bond acceptors (Lipinski definition) is 5. The summed E-state index contributed by atoms with van der Waals surface area (Å²) >= 11 is 0. The third-order valence-electron chi connectivity index (χ3n) is 3.20. The number of rotatable bonds is 13. The van der Waals surface area contributed by atoms with Gasteiger partial charge in [-0.1, -0.05) is 26.2 Å². The third-order valence-corrected chi connectivity index (χ3v) is 3.20. The fourth-order valence-corrected chi connectivity index (χ4v) is 1.91. The van der Waals surface area contributed by atoms with Gasteiger partial charge in [0.2, 0.25) is 5.91 Å². The second-order valence-electron chi connectivity index (χ2n) is 5.32. The molecule has 1 atom stereocenters. The van der Waals surface area contributed by atoms with E-state index in [4.69, 9.17) is 11.5 Å². The summed E-state index contributed by atoms with van der Waals surface area (Å²) in [6.07, 6.45) is 6.47. The lowest BCUT2D eigenvalue weighted by Gasteiger charge is -2.11. The van der Waals surface area contributed by atoms with Gasteiger partial charge < -0.3 is 16.8 Å². The molecule has 0 bridgehead atoms. The monoisotopic (exact) mass is 315 g/mol. The van der Waals surface area contributed by atoms with E-state index in [0.717, 1.165) is 19.3 Å². The number of nitrogens with two attached hydrogens (primary N) is 2. The first kappa shape index (κ1) is 20.3. The number of nitro groups is 1. The van der Waals surface area contributed by atoms with Gasteiger partial charge in [0.25, 0.3) is 6.54 Å². The molecule has 0 rings (SSSR count). The van der Waals surface area contributed by atoms with Crippen LogP contribution in [0.4, 0.5) is 0 Å². The molecule has 22 heavy (non-hydrogen) atoms. The zero-order chi connectivity index (χ0) is 16.8. The van der Waals surface area contributed by atoms with Crippen molar-refractivity contribution in [1.29, 1.82) is 0 Å². The molecular weight excluding hydrogens is 286 g/mol. The van der Waals surface area contributed by atoms with Crippen LogP contribution < -0.4 is 16.8 Å². The molecule has 0 aromatic carbocycles. The van der Waals surface area contributed by atoms with Gasteiger partial charge in [-0.05, 0) is 25.7 Å². The maximum atomic E-state index is 11.7. The van der Waals surface area contributed by atoms with E-state index >= 15 is 0 Å². The SMILES string of the molecule is CCCCCCNC(=O)[C@@H](N)CCCCN=C(N)C[N+](=O)[O-]. The maximum absolute atomic E-state index is 11.7. The molecule has 0 aliphatic rings. The van der Waals surface area contributed by atoms with Crippen LogP contribution >= 0.6 is 0 Å². The van der Waals surface area contributed by atoms with Crippen LogP contribution in [0.1, 0.15) is 51.9 Å². The molecule has 0 aliphatic heterocycles. The number of nitrogens with zero attached hydrogens (tertiary/aromatic N) is 2. The van der Waals surface area contributed by atoms with Crippen molar-refractivity contribution in [2.45, 2.75) is 57.9 Å². The standard InChI is InChI=1S/C14H29N5O3/c1-2-3-4-6-10-18-14(20)12(15)8-5-7-9-17-13(16)11-19(21)22/h12H,2-11,15H2,1H3,(H2,16,17)(H,18,20)/t12-/m0/s1. The molecule has 8 heteroatoms. The van der Waals surface area contributed by atoms with E-state index in [9.17, 15) is 14.9 Å². The van der Waals surface area contributed by atoms with Crippen LogP contribution in [0, 0.1) is 10.1 Å². The van der Waals surface area contributed by atoms with Gasteiger partial charge in [0.1, 0.15) is 0 Å². The van der Waals surface area contributed by atoms with Gasteiger partial charge in [-0.2, -0.15) is 0 Å². The molecule has 1 amide bonds. The molecule has 128 valence electrons. The minimum absolute atomic E-state index is 0.0270. The van der Waals surface area contributed by atoms with E-state index in [0.29, 0.717) is 25.9 Å². The second-order valence-corrected chi connectivity index (χ2v) is 5.32. The summed E-state index contributed by atoms with van der Waals surface area (Å²) in [5.74, 6) is -0.0908. The number of carbonyl (C=O) groups excluding carboxylic acids is 1. The van der Waals surface area contributed by atoms with Gasteiger partial charge in [-0.25, -0.2) is 0 Å². The Morgan fingerprint density at radius 2 is 2.00 bits per heavy atom. The van der Waals surface area contributed by atoms with E-state index in [1.54, 1.807) is 0 Å². The Morgan fingerprint density at radius 3 is 2.64 bits per heavy atom. The number of unbranched alkanes of at least 4 members (excludes halogenated alkanes) is 4. The van der Waals surface area contributed by atoms with Crippen molar-refractivity contribution >= 4 is 11.7 Å². The Balaban J connectivity index is 3.65. The molecular formula is C14H29N5O3. The molecule has 0 saturated heterocycles. The first-order valence-electron chi connectivity index (χ1n) is 7.91. The predicted molar refractivity (Wildman–Crippen MR) is 87.3 cm³/mol. The van der Waals surface area contributed by atoms with E-state index < -0.39 is 17.5 Å². The predicted octanol–water partition coefficient (Wildman–Crippen LogP) is 0.814. The molecule has 0 fully saturated rings. The van der Waals surface area contributed by atoms with Crippen LogP contribution in [0.5, 0.6) is 0 Å². The molecule has 0 aromatic rings. The summed E-state index contributed by atoms with van der Waals surface area (Å²) in [4.78, 5) is 25.3. The van der Waals surface area contributed by atoms with E-state index in [2.05, 4.69) is 17.2 Å². The van der Waals surface area contributed by atoms with Crippen LogP contribution in [-0.4, -0.2) is 42.3 Å². The van der Waals surface area contributed by atoms with Gasteiger partial charge in [0.15, 0.2) is 5.84 Å². The fraction of sp³-hybridized carbons (Fsp3) is 0.857. The number of aliphatic imine (C=N–C) groups is 1. The van der Waals surface area contributed by atoms with Crippen molar-refractivity contribution in [1.82, 2.24) is 5.32 Å². The van der Waals surface area contributed by atoms with Crippen molar-refractivity contribution in [3.63, 3.8) is 0 Å². The lowest BCUT2D eigenvalue weighted by Crippen LogP contribution is -2.40. The quantitative estimate of drug-likeness (QED) is 0.152. The van der Waals surface area contributed by atoms with Crippen molar-refractivity contribution in [2.75, 3.05) is 19.6 Å². The van der Waals surface area contributed by atoms with Crippen molar-refractivity contribution in [2.24, 2.45) is 16.5 Å². The number of amides is 1. The van der Waals surface area contributed by atoms with Crippen LogP contribution in [0.2, 0.25) is 0 Å². The average Bonchev–Trinajstić information content (AvgIpc) is 2.45. The molecule has 0 heterocycles. The highest BCUT2D eigenvalue weighted by atomic mass is 16.6. The molecule has 5 N–H and O–H groups in total. The highest BCUT2D eigenvalue weighted by Crippen LogP contribution is 2.01. The van der Waals surface area contributed by atoms with Crippen LogP contribution in [0.25, 0.3) is 0 Å². The van der Waals surface area contributed by atoms with E-state index in [-0.39, 0.29) is 11.7 Å². The Kier molecular flexibility index (Phi) is 12.0. The summed E-state index contributed by atoms with van der Waals surface area (Å²) < 4.78 is 0. The second kappa shape index (κ2) is 13.0. The van der Waals surface area contributed by atoms with E-state index in [1.807, 2.05) is 0 Å². The van der Waals surface area contributed by atoms with Crippen molar-refractivity contribution in [3.8, 4) is 0 Å². The van der Waals surface area contributed by atoms with Crippen LogP contribution in [-0.2, 0) is 4.79 Å². The fourth-order valence-electron chi connectivity index (χ4n) is 1.91. The molecule has 0 saturated carbocycles. The molecule has 0 aromatic heterocycles.